The molecule has 0 spiro atoms. The van der Waals surface area contributed by atoms with Crippen molar-refractivity contribution in [2.75, 3.05) is 26.2 Å². The average molecular weight is 449 g/mol. The number of carbonyl (C=O) groups is 2. The second-order valence-corrected chi connectivity index (χ2v) is 7.73. The van der Waals surface area contributed by atoms with Gasteiger partial charge in [0.2, 0.25) is 5.91 Å². The van der Waals surface area contributed by atoms with Crippen LogP contribution >= 0.6 is 0 Å². The predicted molar refractivity (Wildman–Crippen MR) is 113 cm³/mol. The van der Waals surface area contributed by atoms with Crippen LogP contribution in [0.2, 0.25) is 0 Å². The van der Waals surface area contributed by atoms with Crippen LogP contribution < -0.4 is 5.32 Å². The van der Waals surface area contributed by atoms with Crippen molar-refractivity contribution in [2.24, 2.45) is 0 Å². The number of alkyl carbamates (subject to hydrolysis) is 1. The number of amides is 2. The molecule has 9 heteroatoms. The van der Waals surface area contributed by atoms with E-state index in [0.29, 0.717) is 38.3 Å². The maximum absolute atomic E-state index is 12.9. The molecule has 0 unspecified atom stereocenters. The molecule has 0 aromatic heterocycles. The van der Waals surface area contributed by atoms with Crippen molar-refractivity contribution < 1.29 is 27.5 Å². The molecule has 1 atom stereocenters. The summed E-state index contributed by atoms with van der Waals surface area (Å²) in [5.74, 6) is -0.222. The van der Waals surface area contributed by atoms with Gasteiger partial charge in [-0.2, -0.15) is 13.2 Å². The number of nitrogens with one attached hydrogen (secondary N) is 1. The van der Waals surface area contributed by atoms with Crippen LogP contribution in [-0.2, 0) is 28.9 Å². The molecule has 2 amide bonds. The normalized spacial score (nSPS) is 15.8. The second-order valence-electron chi connectivity index (χ2n) is 7.73. The number of alkyl halides is 3. The second kappa shape index (κ2) is 10.5. The number of hydrogen-bond acceptors (Lipinski definition) is 4. The van der Waals surface area contributed by atoms with E-state index in [0.717, 1.165) is 17.7 Å². The quantitative estimate of drug-likeness (QED) is 0.731. The summed E-state index contributed by atoms with van der Waals surface area (Å²) in [4.78, 5) is 28.3. The highest BCUT2D eigenvalue weighted by molar-refractivity contribution is 5.85. The van der Waals surface area contributed by atoms with Crippen LogP contribution in [0.1, 0.15) is 23.6 Å². The van der Waals surface area contributed by atoms with Crippen LogP contribution in [0.15, 0.2) is 54.6 Å². The van der Waals surface area contributed by atoms with Crippen molar-refractivity contribution in [3.8, 4) is 0 Å². The lowest BCUT2D eigenvalue weighted by Gasteiger charge is -2.36. The summed E-state index contributed by atoms with van der Waals surface area (Å²) in [6.45, 7) is 4.03. The number of ether oxygens (including phenoxy) is 1. The predicted octanol–water partition coefficient (Wildman–Crippen LogP) is 3.66. The van der Waals surface area contributed by atoms with E-state index in [-0.39, 0.29) is 12.5 Å². The van der Waals surface area contributed by atoms with Crippen molar-refractivity contribution in [1.82, 2.24) is 15.1 Å². The highest BCUT2D eigenvalue weighted by Crippen LogP contribution is 2.29. The minimum Gasteiger partial charge on any atom is -0.445 e. The largest absolute Gasteiger partial charge is 0.445 e. The van der Waals surface area contributed by atoms with Gasteiger partial charge in [0.05, 0.1) is 5.56 Å². The van der Waals surface area contributed by atoms with Gasteiger partial charge in [-0.1, -0.05) is 48.5 Å². The Morgan fingerprint density at radius 3 is 2.31 bits per heavy atom. The monoisotopic (exact) mass is 449 g/mol. The molecule has 1 N–H and O–H groups in total. The zero-order valence-electron chi connectivity index (χ0n) is 17.8. The third-order valence-corrected chi connectivity index (χ3v) is 5.26. The van der Waals surface area contributed by atoms with Gasteiger partial charge in [0.1, 0.15) is 12.6 Å². The van der Waals surface area contributed by atoms with Crippen molar-refractivity contribution in [1.29, 1.82) is 0 Å². The topological polar surface area (TPSA) is 61.9 Å². The number of piperazine rings is 1. The van der Waals surface area contributed by atoms with Crippen LogP contribution in [0, 0.1) is 0 Å². The minimum atomic E-state index is -4.37. The molecule has 1 fully saturated rings. The van der Waals surface area contributed by atoms with Gasteiger partial charge in [-0.25, -0.2) is 4.79 Å². The summed E-state index contributed by atoms with van der Waals surface area (Å²) >= 11 is 0. The fourth-order valence-corrected chi connectivity index (χ4v) is 3.51. The lowest BCUT2D eigenvalue weighted by Crippen LogP contribution is -2.54. The molecule has 6 nitrogen and oxygen atoms in total. The Morgan fingerprint density at radius 1 is 1.00 bits per heavy atom. The summed E-state index contributed by atoms with van der Waals surface area (Å²) in [6.07, 6.45) is -5.04. The average Bonchev–Trinajstić information content (AvgIpc) is 2.78. The van der Waals surface area contributed by atoms with Crippen molar-refractivity contribution in [3.63, 3.8) is 0 Å². The molecule has 2 aromatic carbocycles. The maximum Gasteiger partial charge on any atom is 0.416 e. The number of nitrogens with zero attached hydrogens (tertiary/aromatic N) is 2. The number of rotatable bonds is 6. The lowest BCUT2D eigenvalue weighted by atomic mass is 10.1. The van der Waals surface area contributed by atoms with E-state index in [9.17, 15) is 22.8 Å². The molecule has 172 valence electrons. The first-order valence-electron chi connectivity index (χ1n) is 10.4. The van der Waals surface area contributed by atoms with Crippen LogP contribution in [0.4, 0.5) is 18.0 Å². The highest BCUT2D eigenvalue weighted by atomic mass is 19.4. The summed E-state index contributed by atoms with van der Waals surface area (Å²) in [5, 5.41) is 2.55. The molecule has 0 radical (unpaired) electrons. The van der Waals surface area contributed by atoms with E-state index in [1.165, 1.54) is 6.07 Å². The Labute approximate surface area is 184 Å². The Hall–Kier alpha value is -3.07. The number of hydrogen-bond donors (Lipinski definition) is 1. The fourth-order valence-electron chi connectivity index (χ4n) is 3.51. The molecule has 1 aliphatic heterocycles. The van der Waals surface area contributed by atoms with Gasteiger partial charge in [0.25, 0.3) is 0 Å². The van der Waals surface area contributed by atoms with Crippen molar-refractivity contribution >= 4 is 12.0 Å². The first-order chi connectivity index (χ1) is 15.2. The SMILES string of the molecule is C[C@@H](NC(=O)OCc1ccccc1)C(=O)N1CCN(Cc2cccc(C(F)(F)F)c2)CC1. The Kier molecular flexibility index (Phi) is 7.74. The molecule has 1 heterocycles. The van der Waals surface area contributed by atoms with E-state index in [1.807, 2.05) is 35.2 Å². The van der Waals surface area contributed by atoms with Gasteiger partial charge in [-0.15, -0.1) is 0 Å². The van der Waals surface area contributed by atoms with Gasteiger partial charge in [0.15, 0.2) is 0 Å². The van der Waals surface area contributed by atoms with Gasteiger partial charge in [-0.3, -0.25) is 9.69 Å². The molecule has 0 saturated carbocycles. The Morgan fingerprint density at radius 2 is 1.66 bits per heavy atom. The zero-order chi connectivity index (χ0) is 23.1. The van der Waals surface area contributed by atoms with E-state index in [4.69, 9.17) is 4.74 Å². The lowest BCUT2D eigenvalue weighted by molar-refractivity contribution is -0.138. The molecule has 0 aliphatic carbocycles. The number of carbonyl (C=O) groups excluding carboxylic acids is 2. The van der Waals surface area contributed by atoms with Crippen molar-refractivity contribution in [3.05, 3.63) is 71.3 Å². The van der Waals surface area contributed by atoms with Gasteiger partial charge < -0.3 is 15.0 Å². The van der Waals surface area contributed by atoms with Crippen LogP contribution in [0.25, 0.3) is 0 Å². The van der Waals surface area contributed by atoms with Crippen LogP contribution in [-0.4, -0.2) is 54.0 Å². The van der Waals surface area contributed by atoms with Gasteiger partial charge >= 0.3 is 12.3 Å². The van der Waals surface area contributed by atoms with Crippen molar-refractivity contribution in [2.45, 2.75) is 32.3 Å². The first-order valence-corrected chi connectivity index (χ1v) is 10.4. The zero-order valence-corrected chi connectivity index (χ0v) is 17.8. The van der Waals surface area contributed by atoms with E-state index >= 15 is 0 Å². The Bertz CT molecular complexity index is 913. The van der Waals surface area contributed by atoms with Gasteiger partial charge in [0, 0.05) is 32.7 Å². The molecular weight excluding hydrogens is 423 g/mol. The van der Waals surface area contributed by atoms with Gasteiger partial charge in [-0.05, 0) is 24.1 Å². The number of benzene rings is 2. The van der Waals surface area contributed by atoms with E-state index in [2.05, 4.69) is 5.32 Å². The molecule has 32 heavy (non-hydrogen) atoms. The summed E-state index contributed by atoms with van der Waals surface area (Å²) in [6, 6.07) is 13.8. The standard InChI is InChI=1S/C23H26F3N3O3/c1-17(27-22(31)32-16-18-6-3-2-4-7-18)21(30)29-12-10-28(11-13-29)15-19-8-5-9-20(14-19)23(24,25)26/h2-9,14,17H,10-13,15-16H2,1H3,(H,27,31)/t17-/m1/s1. The van der Waals surface area contributed by atoms with Crippen LogP contribution in [0.5, 0.6) is 0 Å². The number of halogens is 3. The molecule has 3 rings (SSSR count). The first kappa shape index (κ1) is 23.6. The van der Waals surface area contributed by atoms with E-state index in [1.54, 1.807) is 17.9 Å². The molecule has 2 aromatic rings. The third kappa shape index (κ3) is 6.71. The fraction of sp³-hybridized carbons (Fsp3) is 0.391. The molecular formula is C23H26F3N3O3. The summed E-state index contributed by atoms with van der Waals surface area (Å²) < 4.78 is 43.8. The maximum atomic E-state index is 12.9. The van der Waals surface area contributed by atoms with E-state index < -0.39 is 23.9 Å². The summed E-state index contributed by atoms with van der Waals surface area (Å²) in [7, 11) is 0. The highest BCUT2D eigenvalue weighted by Gasteiger charge is 2.31. The third-order valence-electron chi connectivity index (χ3n) is 5.26. The molecule has 1 saturated heterocycles. The Balaban J connectivity index is 1.43. The minimum absolute atomic E-state index is 0.113. The molecule has 0 bridgehead atoms. The summed E-state index contributed by atoms with van der Waals surface area (Å²) in [5.41, 5.74) is 0.761. The van der Waals surface area contributed by atoms with Crippen LogP contribution in [0.3, 0.4) is 0 Å². The smallest absolute Gasteiger partial charge is 0.416 e. The molecule has 1 aliphatic rings.